The van der Waals surface area contributed by atoms with E-state index in [2.05, 4.69) is 9.88 Å². The Labute approximate surface area is 166 Å². The minimum atomic E-state index is -0.391. The molecule has 0 bridgehead atoms. The number of piperazine rings is 1. The van der Waals surface area contributed by atoms with Crippen LogP contribution >= 0.6 is 11.3 Å². The molecule has 1 fully saturated rings. The van der Waals surface area contributed by atoms with E-state index < -0.39 is 4.92 Å². The van der Waals surface area contributed by atoms with Crippen LogP contribution in [0.3, 0.4) is 0 Å². The smallest absolute Gasteiger partial charge is 0.295 e. The number of carbonyl (C=O) groups excluding carboxylic acids is 1. The van der Waals surface area contributed by atoms with Crippen LogP contribution < -0.4 is 4.90 Å². The third kappa shape index (κ3) is 3.31. The first-order valence-electron chi connectivity index (χ1n) is 9.09. The Hall–Kier alpha value is -3.00. The molecule has 3 aromatic rings. The van der Waals surface area contributed by atoms with Gasteiger partial charge in [0.05, 0.1) is 9.80 Å². The molecule has 0 aliphatic carbocycles. The number of non-ortho nitro benzene ring substituents is 1. The molecule has 1 amide bonds. The van der Waals surface area contributed by atoms with E-state index in [4.69, 9.17) is 0 Å². The molecular formula is C20H20N4O3S. The van der Waals surface area contributed by atoms with Gasteiger partial charge in [-0.05, 0) is 32.0 Å². The van der Waals surface area contributed by atoms with Gasteiger partial charge in [0, 0.05) is 53.9 Å². The van der Waals surface area contributed by atoms with Gasteiger partial charge in [-0.15, -0.1) is 11.3 Å². The molecule has 1 aliphatic heterocycles. The topological polar surface area (TPSA) is 79.6 Å². The number of pyridine rings is 1. The van der Waals surface area contributed by atoms with E-state index in [9.17, 15) is 14.9 Å². The van der Waals surface area contributed by atoms with E-state index in [1.165, 1.54) is 17.4 Å². The number of fused-ring (bicyclic) bond motifs is 1. The Balaban J connectivity index is 1.60. The lowest BCUT2D eigenvalue weighted by atomic mass is 10.1. The zero-order valence-electron chi connectivity index (χ0n) is 15.7. The minimum absolute atomic E-state index is 0.0179. The molecule has 144 valence electrons. The Bertz CT molecular complexity index is 1070. The lowest BCUT2D eigenvalue weighted by Gasteiger charge is -2.36. The summed E-state index contributed by atoms with van der Waals surface area (Å²) < 4.78 is 0. The lowest BCUT2D eigenvalue weighted by molar-refractivity contribution is -0.383. The Morgan fingerprint density at radius 2 is 1.89 bits per heavy atom. The molecular weight excluding hydrogens is 376 g/mol. The fraction of sp³-hybridized carbons (Fsp3) is 0.300. The Morgan fingerprint density at radius 3 is 2.54 bits per heavy atom. The van der Waals surface area contributed by atoms with Gasteiger partial charge in [0.25, 0.3) is 11.6 Å². The van der Waals surface area contributed by atoms with Crippen LogP contribution in [0, 0.1) is 24.0 Å². The summed E-state index contributed by atoms with van der Waals surface area (Å²) in [5, 5.41) is 12.1. The van der Waals surface area contributed by atoms with Crippen molar-refractivity contribution in [2.45, 2.75) is 13.8 Å². The number of anilines is 1. The van der Waals surface area contributed by atoms with Crippen molar-refractivity contribution < 1.29 is 9.72 Å². The third-order valence-electron chi connectivity index (χ3n) is 4.98. The molecule has 0 radical (unpaired) electrons. The Kier molecular flexibility index (Phi) is 4.72. The van der Waals surface area contributed by atoms with Crippen LogP contribution in [0.4, 0.5) is 11.4 Å². The number of hydrogen-bond donors (Lipinski definition) is 0. The predicted octanol–water partition coefficient (Wildman–Crippen LogP) is 3.78. The van der Waals surface area contributed by atoms with Crippen LogP contribution in [0.1, 0.15) is 20.2 Å². The molecule has 0 spiro atoms. The number of nitro groups is 1. The summed E-state index contributed by atoms with van der Waals surface area (Å²) in [5.41, 5.74) is 2.11. The number of aromatic nitrogens is 1. The van der Waals surface area contributed by atoms with Crippen molar-refractivity contribution in [2.24, 2.45) is 0 Å². The monoisotopic (exact) mass is 396 g/mol. The number of hydrogen-bond acceptors (Lipinski definition) is 6. The van der Waals surface area contributed by atoms with Crippen molar-refractivity contribution in [2.75, 3.05) is 31.1 Å². The van der Waals surface area contributed by atoms with E-state index in [-0.39, 0.29) is 11.6 Å². The van der Waals surface area contributed by atoms with Crippen molar-refractivity contribution in [3.05, 3.63) is 62.0 Å². The van der Waals surface area contributed by atoms with Gasteiger partial charge >= 0.3 is 0 Å². The molecule has 0 atom stereocenters. The molecule has 7 nitrogen and oxygen atoms in total. The van der Waals surface area contributed by atoms with Crippen LogP contribution in [0.2, 0.25) is 0 Å². The summed E-state index contributed by atoms with van der Waals surface area (Å²) in [7, 11) is 0. The van der Waals surface area contributed by atoms with Gasteiger partial charge < -0.3 is 9.80 Å². The zero-order valence-corrected chi connectivity index (χ0v) is 16.5. The highest BCUT2D eigenvalue weighted by atomic mass is 32.1. The zero-order chi connectivity index (χ0) is 19.8. The molecule has 0 N–H and O–H groups in total. The summed E-state index contributed by atoms with van der Waals surface area (Å²) in [5.74, 6) is 0.0733. The van der Waals surface area contributed by atoms with Gasteiger partial charge in [-0.3, -0.25) is 14.9 Å². The van der Waals surface area contributed by atoms with Gasteiger partial charge in [-0.25, -0.2) is 4.98 Å². The summed E-state index contributed by atoms with van der Waals surface area (Å²) in [4.78, 5) is 34.0. The molecule has 3 heterocycles. The highest BCUT2D eigenvalue weighted by Gasteiger charge is 2.25. The quantitative estimate of drug-likeness (QED) is 0.497. The fourth-order valence-electron chi connectivity index (χ4n) is 3.60. The number of rotatable bonds is 3. The second-order valence-electron chi connectivity index (χ2n) is 6.90. The predicted molar refractivity (Wildman–Crippen MR) is 110 cm³/mol. The van der Waals surface area contributed by atoms with Crippen LogP contribution in [0.15, 0.2) is 36.4 Å². The maximum Gasteiger partial charge on any atom is 0.295 e. The van der Waals surface area contributed by atoms with Crippen LogP contribution in [-0.4, -0.2) is 46.9 Å². The summed E-state index contributed by atoms with van der Waals surface area (Å²) in [6.45, 7) is 6.43. The van der Waals surface area contributed by atoms with Gasteiger partial charge in [0.2, 0.25) is 0 Å². The van der Waals surface area contributed by atoms with E-state index in [1.54, 1.807) is 6.07 Å². The minimum Gasteiger partial charge on any atom is -0.367 e. The maximum absolute atomic E-state index is 12.7. The number of nitro benzene ring substituents is 1. The van der Waals surface area contributed by atoms with Crippen molar-refractivity contribution in [1.29, 1.82) is 0 Å². The summed E-state index contributed by atoms with van der Waals surface area (Å²) in [6, 6.07) is 10.9. The average Bonchev–Trinajstić information content (AvgIpc) is 3.12. The second kappa shape index (κ2) is 7.20. The van der Waals surface area contributed by atoms with Crippen molar-refractivity contribution in [3.63, 3.8) is 0 Å². The van der Waals surface area contributed by atoms with Crippen LogP contribution in [0.25, 0.3) is 10.9 Å². The molecule has 1 aliphatic rings. The first-order chi connectivity index (χ1) is 13.4. The van der Waals surface area contributed by atoms with Gasteiger partial charge in [0.1, 0.15) is 0 Å². The standard InChI is InChI=1S/C20H20N4O3S/c1-13-12-17(15-4-3-5-16(24(26)27)19(15)21-13)22-8-10-23(11-9-22)20(25)18-7-6-14(2)28-18/h3-7,12H,8-11H2,1-2H3. The number of nitrogens with zero attached hydrogens (tertiary/aromatic N) is 4. The number of para-hydroxylation sites is 1. The molecule has 0 unspecified atom stereocenters. The van der Waals surface area contributed by atoms with Gasteiger partial charge in [-0.1, -0.05) is 12.1 Å². The second-order valence-corrected chi connectivity index (χ2v) is 8.19. The molecule has 0 saturated carbocycles. The number of thiophene rings is 1. The average molecular weight is 396 g/mol. The van der Waals surface area contributed by atoms with E-state index in [1.807, 2.05) is 43.0 Å². The number of aryl methyl sites for hydroxylation is 2. The number of carbonyl (C=O) groups is 1. The van der Waals surface area contributed by atoms with Crippen LogP contribution in [0.5, 0.6) is 0 Å². The first kappa shape index (κ1) is 18.4. The number of benzene rings is 1. The summed E-state index contributed by atoms with van der Waals surface area (Å²) in [6.07, 6.45) is 0. The largest absolute Gasteiger partial charge is 0.367 e. The third-order valence-corrected chi connectivity index (χ3v) is 5.97. The normalized spacial score (nSPS) is 14.5. The molecule has 8 heteroatoms. The molecule has 28 heavy (non-hydrogen) atoms. The van der Waals surface area contributed by atoms with E-state index in [0.717, 1.165) is 26.5 Å². The molecule has 1 saturated heterocycles. The molecule has 4 rings (SSSR count). The highest BCUT2D eigenvalue weighted by molar-refractivity contribution is 7.13. The SMILES string of the molecule is Cc1cc(N2CCN(C(=O)c3ccc(C)s3)CC2)c2cccc([N+](=O)[O-])c2n1. The fourth-order valence-corrected chi connectivity index (χ4v) is 4.44. The van der Waals surface area contributed by atoms with Crippen LogP contribution in [-0.2, 0) is 0 Å². The highest BCUT2D eigenvalue weighted by Crippen LogP contribution is 2.32. The Morgan fingerprint density at radius 1 is 1.14 bits per heavy atom. The number of amides is 1. The van der Waals surface area contributed by atoms with Gasteiger partial charge in [-0.2, -0.15) is 0 Å². The van der Waals surface area contributed by atoms with Gasteiger partial charge in [0.15, 0.2) is 5.52 Å². The lowest BCUT2D eigenvalue weighted by Crippen LogP contribution is -2.48. The van der Waals surface area contributed by atoms with Crippen molar-refractivity contribution in [3.8, 4) is 0 Å². The first-order valence-corrected chi connectivity index (χ1v) is 9.91. The van der Waals surface area contributed by atoms with E-state index in [0.29, 0.717) is 31.7 Å². The van der Waals surface area contributed by atoms with Crippen molar-refractivity contribution >= 4 is 39.5 Å². The summed E-state index contributed by atoms with van der Waals surface area (Å²) >= 11 is 1.52. The molecule has 2 aromatic heterocycles. The van der Waals surface area contributed by atoms with E-state index >= 15 is 0 Å². The van der Waals surface area contributed by atoms with Crippen molar-refractivity contribution in [1.82, 2.24) is 9.88 Å². The molecule has 1 aromatic carbocycles. The maximum atomic E-state index is 12.7.